The van der Waals surface area contributed by atoms with Crippen molar-refractivity contribution >= 4 is 39.0 Å². The highest BCUT2D eigenvalue weighted by molar-refractivity contribution is 9.10. The normalized spacial score (nSPS) is 10.3. The highest BCUT2D eigenvalue weighted by Gasteiger charge is 2.13. The van der Waals surface area contributed by atoms with E-state index in [0.29, 0.717) is 0 Å². The molecule has 0 atom stereocenters. The first kappa shape index (κ1) is 14.3. The van der Waals surface area contributed by atoms with E-state index in [2.05, 4.69) is 21.2 Å². The molecule has 0 unspecified atom stereocenters. The SMILES string of the molecule is Nc1ccc(C(=O)O)cc1Nc1c(F)cc(Br)cc1F. The molecule has 0 heterocycles. The second-order valence-electron chi connectivity index (χ2n) is 3.98. The van der Waals surface area contributed by atoms with Crippen molar-refractivity contribution in [2.75, 3.05) is 11.1 Å². The minimum Gasteiger partial charge on any atom is -0.478 e. The van der Waals surface area contributed by atoms with E-state index < -0.39 is 23.3 Å². The van der Waals surface area contributed by atoms with E-state index in [1.165, 1.54) is 18.2 Å². The fourth-order valence-corrected chi connectivity index (χ4v) is 2.00. The number of aromatic carboxylic acids is 1. The summed E-state index contributed by atoms with van der Waals surface area (Å²) in [6.45, 7) is 0. The summed E-state index contributed by atoms with van der Waals surface area (Å²) in [5, 5.41) is 11.4. The molecule has 0 aliphatic rings. The maximum atomic E-state index is 13.7. The highest BCUT2D eigenvalue weighted by atomic mass is 79.9. The Labute approximate surface area is 121 Å². The number of nitrogens with two attached hydrogens (primary N) is 1. The molecule has 0 radical (unpaired) electrons. The van der Waals surface area contributed by atoms with Gasteiger partial charge < -0.3 is 16.2 Å². The molecule has 0 aromatic heterocycles. The van der Waals surface area contributed by atoms with Gasteiger partial charge in [-0.25, -0.2) is 13.6 Å². The number of carbonyl (C=O) groups is 1. The maximum Gasteiger partial charge on any atom is 0.335 e. The van der Waals surface area contributed by atoms with Crippen LogP contribution in [0.3, 0.4) is 0 Å². The van der Waals surface area contributed by atoms with Gasteiger partial charge in [0.05, 0.1) is 16.9 Å². The van der Waals surface area contributed by atoms with Crippen LogP contribution in [0.4, 0.5) is 25.8 Å². The number of carboxylic acids is 1. The van der Waals surface area contributed by atoms with E-state index in [-0.39, 0.29) is 21.4 Å². The zero-order valence-electron chi connectivity index (χ0n) is 9.95. The summed E-state index contributed by atoms with van der Waals surface area (Å²) in [6, 6.07) is 6.03. The van der Waals surface area contributed by atoms with Crippen molar-refractivity contribution in [3.05, 3.63) is 52.0 Å². The number of hydrogen-bond acceptors (Lipinski definition) is 3. The predicted octanol–water partition coefficient (Wildman–Crippen LogP) is 3.75. The molecule has 2 rings (SSSR count). The topological polar surface area (TPSA) is 75.4 Å². The van der Waals surface area contributed by atoms with Crippen LogP contribution in [-0.2, 0) is 0 Å². The standard InChI is InChI=1S/C13H9BrF2N2O2/c14-7-4-8(15)12(9(16)5-7)18-11-3-6(13(19)20)1-2-10(11)17/h1-5,18H,17H2,(H,19,20). The first-order valence-electron chi connectivity index (χ1n) is 5.43. The van der Waals surface area contributed by atoms with Crippen LogP contribution in [-0.4, -0.2) is 11.1 Å². The van der Waals surface area contributed by atoms with Crippen LogP contribution in [0.5, 0.6) is 0 Å². The van der Waals surface area contributed by atoms with Gasteiger partial charge in [-0.15, -0.1) is 0 Å². The van der Waals surface area contributed by atoms with Crippen molar-refractivity contribution in [2.45, 2.75) is 0 Å². The van der Waals surface area contributed by atoms with Gasteiger partial charge in [0, 0.05) is 4.47 Å². The van der Waals surface area contributed by atoms with Crippen LogP contribution < -0.4 is 11.1 Å². The Morgan fingerprint density at radius 1 is 1.20 bits per heavy atom. The van der Waals surface area contributed by atoms with E-state index in [1.807, 2.05) is 0 Å². The maximum absolute atomic E-state index is 13.7. The molecule has 0 saturated carbocycles. The van der Waals surface area contributed by atoms with Gasteiger partial charge >= 0.3 is 5.97 Å². The van der Waals surface area contributed by atoms with Crippen molar-refractivity contribution in [3.8, 4) is 0 Å². The van der Waals surface area contributed by atoms with Gasteiger partial charge in [-0.05, 0) is 30.3 Å². The van der Waals surface area contributed by atoms with Crippen LogP contribution in [0.1, 0.15) is 10.4 Å². The number of rotatable bonds is 3. The highest BCUT2D eigenvalue weighted by Crippen LogP contribution is 2.30. The zero-order valence-corrected chi connectivity index (χ0v) is 11.5. The van der Waals surface area contributed by atoms with Crippen molar-refractivity contribution in [1.29, 1.82) is 0 Å². The van der Waals surface area contributed by atoms with Crippen LogP contribution in [0.2, 0.25) is 0 Å². The number of hydrogen-bond donors (Lipinski definition) is 3. The van der Waals surface area contributed by atoms with E-state index in [1.54, 1.807) is 0 Å². The van der Waals surface area contributed by atoms with Gasteiger partial charge in [-0.1, -0.05) is 15.9 Å². The van der Waals surface area contributed by atoms with Gasteiger partial charge in [-0.2, -0.15) is 0 Å². The van der Waals surface area contributed by atoms with Crippen molar-refractivity contribution < 1.29 is 18.7 Å². The molecule has 0 spiro atoms. The molecule has 0 saturated heterocycles. The molecule has 7 heteroatoms. The lowest BCUT2D eigenvalue weighted by atomic mass is 10.1. The molecular weight excluding hydrogens is 334 g/mol. The van der Waals surface area contributed by atoms with Crippen LogP contribution in [0.25, 0.3) is 0 Å². The third kappa shape index (κ3) is 2.88. The van der Waals surface area contributed by atoms with Crippen LogP contribution in [0.15, 0.2) is 34.8 Å². The van der Waals surface area contributed by atoms with Crippen molar-refractivity contribution in [3.63, 3.8) is 0 Å². The lowest BCUT2D eigenvalue weighted by Crippen LogP contribution is -2.04. The molecule has 2 aromatic carbocycles. The number of carboxylic acid groups (broad SMARTS) is 1. The third-order valence-electron chi connectivity index (χ3n) is 2.57. The van der Waals surface area contributed by atoms with Crippen LogP contribution in [0, 0.1) is 11.6 Å². The lowest BCUT2D eigenvalue weighted by Gasteiger charge is -2.12. The monoisotopic (exact) mass is 342 g/mol. The first-order chi connectivity index (χ1) is 9.38. The predicted molar refractivity (Wildman–Crippen MR) is 75.2 cm³/mol. The van der Waals surface area contributed by atoms with E-state index in [0.717, 1.165) is 12.1 Å². The van der Waals surface area contributed by atoms with Crippen LogP contribution >= 0.6 is 15.9 Å². The minimum absolute atomic E-state index is 0.0420. The molecule has 104 valence electrons. The summed E-state index contributed by atoms with van der Waals surface area (Å²) < 4.78 is 27.7. The summed E-state index contributed by atoms with van der Waals surface area (Å²) in [5.41, 5.74) is 5.51. The van der Waals surface area contributed by atoms with E-state index >= 15 is 0 Å². The summed E-state index contributed by atoms with van der Waals surface area (Å²) in [5.74, 6) is -2.81. The zero-order chi connectivity index (χ0) is 14.9. The summed E-state index contributed by atoms with van der Waals surface area (Å²) in [6.07, 6.45) is 0. The van der Waals surface area contributed by atoms with Crippen molar-refractivity contribution in [2.24, 2.45) is 0 Å². The molecule has 0 fully saturated rings. The first-order valence-corrected chi connectivity index (χ1v) is 6.22. The Balaban J connectivity index is 2.45. The quantitative estimate of drug-likeness (QED) is 0.742. The Hall–Kier alpha value is -2.15. The summed E-state index contributed by atoms with van der Waals surface area (Å²) in [7, 11) is 0. The second kappa shape index (κ2) is 5.46. The van der Waals surface area contributed by atoms with Crippen molar-refractivity contribution in [1.82, 2.24) is 0 Å². The van der Waals surface area contributed by atoms with Gasteiger partial charge in [0.1, 0.15) is 5.69 Å². The molecule has 4 N–H and O–H groups in total. The van der Waals surface area contributed by atoms with Gasteiger partial charge in [0.25, 0.3) is 0 Å². The number of benzene rings is 2. The van der Waals surface area contributed by atoms with Gasteiger partial charge in [-0.3, -0.25) is 0 Å². The van der Waals surface area contributed by atoms with E-state index in [4.69, 9.17) is 10.8 Å². The number of halogens is 3. The average Bonchev–Trinajstić information content (AvgIpc) is 2.35. The minimum atomic E-state index is -1.16. The molecule has 4 nitrogen and oxygen atoms in total. The Morgan fingerprint density at radius 2 is 1.80 bits per heavy atom. The molecule has 0 amide bonds. The molecule has 0 bridgehead atoms. The smallest absolute Gasteiger partial charge is 0.335 e. The lowest BCUT2D eigenvalue weighted by molar-refractivity contribution is 0.0697. The third-order valence-corrected chi connectivity index (χ3v) is 3.02. The summed E-state index contributed by atoms with van der Waals surface area (Å²) in [4.78, 5) is 10.9. The van der Waals surface area contributed by atoms with Gasteiger partial charge in [0.2, 0.25) is 0 Å². The fourth-order valence-electron chi connectivity index (χ4n) is 1.59. The number of nitrogens with one attached hydrogen (secondary N) is 1. The number of anilines is 3. The Bertz CT molecular complexity index is 669. The molecule has 0 aliphatic heterocycles. The molecular formula is C13H9BrF2N2O2. The van der Waals surface area contributed by atoms with E-state index in [9.17, 15) is 13.6 Å². The Morgan fingerprint density at radius 3 is 2.35 bits per heavy atom. The Kier molecular flexibility index (Phi) is 3.89. The molecule has 20 heavy (non-hydrogen) atoms. The number of nitrogen functional groups attached to an aromatic ring is 1. The average molecular weight is 343 g/mol. The largest absolute Gasteiger partial charge is 0.478 e. The molecule has 0 aliphatic carbocycles. The summed E-state index contributed by atoms with van der Waals surface area (Å²) >= 11 is 2.97. The molecule has 2 aromatic rings. The second-order valence-corrected chi connectivity index (χ2v) is 4.89. The fraction of sp³-hybridized carbons (Fsp3) is 0. The van der Waals surface area contributed by atoms with Gasteiger partial charge in [0.15, 0.2) is 11.6 Å².